The van der Waals surface area contributed by atoms with Gasteiger partial charge in [-0.25, -0.2) is 0 Å². The zero-order valence-corrected chi connectivity index (χ0v) is 10.4. The summed E-state index contributed by atoms with van der Waals surface area (Å²) in [7, 11) is 1.98. The highest BCUT2D eigenvalue weighted by Gasteiger charge is 2.14. The van der Waals surface area contributed by atoms with Crippen LogP contribution in [0.2, 0.25) is 0 Å². The first-order valence-electron chi connectivity index (χ1n) is 6.23. The van der Waals surface area contributed by atoms with Gasteiger partial charge < -0.3 is 9.32 Å². The molecule has 0 bridgehead atoms. The van der Waals surface area contributed by atoms with Crippen molar-refractivity contribution in [3.8, 4) is 0 Å². The fourth-order valence-corrected chi connectivity index (χ4v) is 2.16. The lowest BCUT2D eigenvalue weighted by Gasteiger charge is -2.20. The molecule has 1 saturated heterocycles. The van der Waals surface area contributed by atoms with Gasteiger partial charge in [0.1, 0.15) is 0 Å². The highest BCUT2D eigenvalue weighted by atomic mass is 16.3. The van der Waals surface area contributed by atoms with Gasteiger partial charge in [-0.2, -0.15) is 0 Å². The Labute approximate surface area is 102 Å². The van der Waals surface area contributed by atoms with Gasteiger partial charge in [-0.05, 0) is 45.1 Å². The number of likely N-dealkylation sites (N-methyl/N-ethyl adjacent to an activating group) is 1. The van der Waals surface area contributed by atoms with E-state index in [0.717, 1.165) is 13.1 Å². The summed E-state index contributed by atoms with van der Waals surface area (Å²) in [5.41, 5.74) is 0. The molecular formula is C13H20N2O2. The van der Waals surface area contributed by atoms with E-state index in [1.54, 1.807) is 12.1 Å². The number of hydrogen-bond donors (Lipinski definition) is 0. The lowest BCUT2D eigenvalue weighted by molar-refractivity contribution is 0.0914. The predicted molar refractivity (Wildman–Crippen MR) is 66.2 cm³/mol. The minimum Gasteiger partial charge on any atom is -0.461 e. The fraction of sp³-hybridized carbons (Fsp3) is 0.615. The molecule has 2 heterocycles. The average Bonchev–Trinajstić information content (AvgIpc) is 2.99. The third kappa shape index (κ3) is 3.68. The summed E-state index contributed by atoms with van der Waals surface area (Å²) in [4.78, 5) is 16.3. The monoisotopic (exact) mass is 236 g/mol. The second-order valence-electron chi connectivity index (χ2n) is 4.69. The second kappa shape index (κ2) is 5.98. The molecule has 0 N–H and O–H groups in total. The fourth-order valence-electron chi connectivity index (χ4n) is 2.16. The topological polar surface area (TPSA) is 36.7 Å². The van der Waals surface area contributed by atoms with Gasteiger partial charge in [-0.1, -0.05) is 0 Å². The van der Waals surface area contributed by atoms with Crippen LogP contribution in [-0.2, 0) is 0 Å². The van der Waals surface area contributed by atoms with Crippen molar-refractivity contribution in [1.29, 1.82) is 0 Å². The van der Waals surface area contributed by atoms with E-state index in [1.165, 1.54) is 32.2 Å². The van der Waals surface area contributed by atoms with Gasteiger partial charge in [-0.3, -0.25) is 9.69 Å². The number of hydrogen-bond acceptors (Lipinski definition) is 4. The quantitative estimate of drug-likeness (QED) is 0.701. The van der Waals surface area contributed by atoms with Crippen molar-refractivity contribution >= 4 is 5.78 Å². The van der Waals surface area contributed by atoms with Crippen molar-refractivity contribution in [1.82, 2.24) is 9.80 Å². The van der Waals surface area contributed by atoms with E-state index in [-0.39, 0.29) is 5.78 Å². The largest absolute Gasteiger partial charge is 0.461 e. The Hall–Kier alpha value is -1.13. The molecule has 0 saturated carbocycles. The molecule has 1 aliphatic heterocycles. The first-order valence-corrected chi connectivity index (χ1v) is 6.23. The van der Waals surface area contributed by atoms with Gasteiger partial charge in [0.25, 0.3) is 0 Å². The Balaban J connectivity index is 1.69. The van der Waals surface area contributed by atoms with Crippen LogP contribution in [0.5, 0.6) is 0 Å². The Bertz CT molecular complexity index is 342. The van der Waals surface area contributed by atoms with Crippen LogP contribution >= 0.6 is 0 Å². The summed E-state index contributed by atoms with van der Waals surface area (Å²) in [6.45, 7) is 4.84. The molecule has 1 aromatic heterocycles. The van der Waals surface area contributed by atoms with Crippen molar-refractivity contribution in [2.24, 2.45) is 0 Å². The van der Waals surface area contributed by atoms with Crippen molar-refractivity contribution in [2.45, 2.75) is 12.8 Å². The minimum absolute atomic E-state index is 0.0546. The lowest BCUT2D eigenvalue weighted by Crippen LogP contribution is -2.34. The number of likely N-dealkylation sites (tertiary alicyclic amines) is 1. The molecule has 17 heavy (non-hydrogen) atoms. The van der Waals surface area contributed by atoms with Crippen molar-refractivity contribution in [3.63, 3.8) is 0 Å². The van der Waals surface area contributed by atoms with E-state index in [1.807, 2.05) is 7.05 Å². The zero-order valence-electron chi connectivity index (χ0n) is 10.4. The van der Waals surface area contributed by atoms with E-state index >= 15 is 0 Å². The van der Waals surface area contributed by atoms with Gasteiger partial charge in [0.15, 0.2) is 5.76 Å². The van der Waals surface area contributed by atoms with E-state index in [9.17, 15) is 4.79 Å². The summed E-state index contributed by atoms with van der Waals surface area (Å²) in [6, 6.07) is 3.47. The van der Waals surface area contributed by atoms with Crippen LogP contribution in [0, 0.1) is 0 Å². The van der Waals surface area contributed by atoms with Crippen LogP contribution in [0.4, 0.5) is 0 Å². The molecule has 0 aliphatic carbocycles. The van der Waals surface area contributed by atoms with Crippen LogP contribution < -0.4 is 0 Å². The van der Waals surface area contributed by atoms with E-state index in [4.69, 9.17) is 4.42 Å². The maximum atomic E-state index is 11.8. The van der Waals surface area contributed by atoms with Crippen molar-refractivity contribution < 1.29 is 9.21 Å². The van der Waals surface area contributed by atoms with Crippen molar-refractivity contribution in [3.05, 3.63) is 24.2 Å². The third-order valence-electron chi connectivity index (χ3n) is 3.21. The summed E-state index contributed by atoms with van der Waals surface area (Å²) < 4.78 is 5.09. The second-order valence-corrected chi connectivity index (χ2v) is 4.69. The molecule has 0 spiro atoms. The molecule has 2 rings (SSSR count). The molecule has 0 radical (unpaired) electrons. The van der Waals surface area contributed by atoms with Crippen LogP contribution in [0.15, 0.2) is 22.8 Å². The number of furan rings is 1. The van der Waals surface area contributed by atoms with Gasteiger partial charge in [-0.15, -0.1) is 0 Å². The van der Waals surface area contributed by atoms with Crippen molar-refractivity contribution in [2.75, 3.05) is 39.8 Å². The number of nitrogens with zero attached hydrogens (tertiary/aromatic N) is 2. The first-order chi connectivity index (χ1) is 8.25. The molecule has 1 fully saturated rings. The molecule has 0 unspecified atom stereocenters. The number of Topliss-reactive ketones (excluding diaryl/α,β-unsaturated/α-hetero) is 1. The van der Waals surface area contributed by atoms with Gasteiger partial charge >= 0.3 is 0 Å². The summed E-state index contributed by atoms with van der Waals surface area (Å²) in [6.07, 6.45) is 4.17. The predicted octanol–water partition coefficient (Wildman–Crippen LogP) is 1.49. The molecular weight excluding hydrogens is 216 g/mol. The van der Waals surface area contributed by atoms with Gasteiger partial charge in [0.05, 0.1) is 12.8 Å². The van der Waals surface area contributed by atoms with Gasteiger partial charge in [0.2, 0.25) is 5.78 Å². The maximum Gasteiger partial charge on any atom is 0.211 e. The SMILES string of the molecule is CN(CCN1CCCC1)CC(=O)c1ccco1. The Morgan fingerprint density at radius 3 is 2.88 bits per heavy atom. The van der Waals surface area contributed by atoms with Gasteiger partial charge in [0, 0.05) is 13.1 Å². The average molecular weight is 236 g/mol. The van der Waals surface area contributed by atoms with Crippen LogP contribution in [-0.4, -0.2) is 55.4 Å². The van der Waals surface area contributed by atoms with Crippen LogP contribution in [0.3, 0.4) is 0 Å². The third-order valence-corrected chi connectivity index (χ3v) is 3.21. The first kappa shape index (κ1) is 12.3. The number of carbonyl (C=O) groups is 1. The molecule has 1 aliphatic rings. The molecule has 0 amide bonds. The summed E-state index contributed by atoms with van der Waals surface area (Å²) >= 11 is 0. The molecule has 94 valence electrons. The summed E-state index contributed by atoms with van der Waals surface area (Å²) in [5.74, 6) is 0.511. The highest BCUT2D eigenvalue weighted by Crippen LogP contribution is 2.07. The van der Waals surface area contributed by atoms with Crippen LogP contribution in [0.25, 0.3) is 0 Å². The smallest absolute Gasteiger partial charge is 0.211 e. The van der Waals surface area contributed by atoms with E-state index < -0.39 is 0 Å². The Kier molecular flexibility index (Phi) is 4.34. The minimum atomic E-state index is 0.0546. The van der Waals surface area contributed by atoms with E-state index in [2.05, 4.69) is 9.80 Å². The Morgan fingerprint density at radius 1 is 1.47 bits per heavy atom. The van der Waals surface area contributed by atoms with E-state index in [0.29, 0.717) is 12.3 Å². The zero-order chi connectivity index (χ0) is 12.1. The normalized spacial score (nSPS) is 16.8. The number of ketones is 1. The Morgan fingerprint density at radius 2 is 2.24 bits per heavy atom. The summed E-state index contributed by atoms with van der Waals surface area (Å²) in [5, 5.41) is 0. The molecule has 0 atom stereocenters. The molecule has 1 aromatic rings. The molecule has 4 nitrogen and oxygen atoms in total. The lowest BCUT2D eigenvalue weighted by atomic mass is 10.3. The number of carbonyl (C=O) groups excluding carboxylic acids is 1. The molecule has 4 heteroatoms. The maximum absolute atomic E-state index is 11.8. The standard InChI is InChI=1S/C13H20N2O2/c1-14(8-9-15-6-2-3-7-15)11-12(16)13-5-4-10-17-13/h4-5,10H,2-3,6-9,11H2,1H3. The number of rotatable bonds is 6. The molecule has 0 aromatic carbocycles. The van der Waals surface area contributed by atoms with Crippen LogP contribution in [0.1, 0.15) is 23.4 Å². The highest BCUT2D eigenvalue weighted by molar-refractivity contribution is 5.94.